The number of amides is 1. The Balaban J connectivity index is 1.80. The lowest BCUT2D eigenvalue weighted by molar-refractivity contribution is -0.175. The van der Waals surface area contributed by atoms with Gasteiger partial charge in [0.1, 0.15) is 24.4 Å². The molecule has 1 heterocycles. The summed E-state index contributed by atoms with van der Waals surface area (Å²) in [5.41, 5.74) is 0.757. The summed E-state index contributed by atoms with van der Waals surface area (Å²) in [5.74, 6) is -2.50. The molecule has 10 nitrogen and oxygen atoms in total. The third kappa shape index (κ3) is 12.9. The number of carbonyl (C=O) groups excluding carboxylic acids is 4. The molecule has 2 aromatic carbocycles. The molecule has 11 heteroatoms. The maximum absolute atomic E-state index is 15.1. The average molecular weight is 685 g/mol. The number of rotatable bonds is 17. The van der Waals surface area contributed by atoms with Crippen molar-refractivity contribution >= 4 is 23.8 Å². The Morgan fingerprint density at radius 3 is 2.12 bits per heavy atom. The van der Waals surface area contributed by atoms with E-state index >= 15 is 4.39 Å². The predicted molar refractivity (Wildman–Crippen MR) is 183 cm³/mol. The van der Waals surface area contributed by atoms with Crippen molar-refractivity contribution in [2.24, 2.45) is 5.92 Å². The van der Waals surface area contributed by atoms with Gasteiger partial charge in [0.2, 0.25) is 6.10 Å². The summed E-state index contributed by atoms with van der Waals surface area (Å²) in [4.78, 5) is 54.5. The molecule has 1 amide bonds. The fourth-order valence-electron chi connectivity index (χ4n) is 5.77. The first-order chi connectivity index (χ1) is 23.2. The quantitative estimate of drug-likeness (QED) is 0.175. The van der Waals surface area contributed by atoms with Crippen LogP contribution in [0.2, 0.25) is 0 Å². The van der Waals surface area contributed by atoms with Crippen molar-refractivity contribution < 1.29 is 42.5 Å². The Kier molecular flexibility index (Phi) is 15.2. The number of halogens is 1. The van der Waals surface area contributed by atoms with Crippen LogP contribution in [0.3, 0.4) is 0 Å². The molecular formula is C38H53FN2O8. The highest BCUT2D eigenvalue weighted by Gasteiger charge is 2.39. The van der Waals surface area contributed by atoms with Crippen LogP contribution >= 0.6 is 0 Å². The number of hydrogen-bond acceptors (Lipinski definition) is 9. The summed E-state index contributed by atoms with van der Waals surface area (Å²) in [6.07, 6.45) is -0.706. The van der Waals surface area contributed by atoms with Gasteiger partial charge in [-0.2, -0.15) is 0 Å². The van der Waals surface area contributed by atoms with Crippen LogP contribution in [-0.2, 0) is 51.2 Å². The molecule has 1 N–H and O–H groups in total. The zero-order chi connectivity index (χ0) is 36.1. The second kappa shape index (κ2) is 18.8. The standard InChI is InChI=1S/C38H53FN2O8/c1-25(2)21-31(40-6)35(43)48-26(3)34(42)41(7)32(23-38(4,5)39)36(44)49-33(37(45)47-24-28-11-9-8-10-12-28)22-27-13-15-29(16-14-27)30-17-19-46-20-18-30/h8-16,25-26,30-33,40H,17-24H2,1-7H3/t26-,31+,32+,33-/m1/s1. The second-order valence-electron chi connectivity index (χ2n) is 13.8. The van der Waals surface area contributed by atoms with E-state index < -0.39 is 60.2 Å². The fraction of sp³-hybridized carbons (Fsp3) is 0.579. The Bertz CT molecular complexity index is 1360. The van der Waals surface area contributed by atoms with Gasteiger partial charge in [-0.05, 0) is 75.6 Å². The van der Waals surface area contributed by atoms with E-state index in [2.05, 4.69) is 5.32 Å². The van der Waals surface area contributed by atoms with E-state index in [1.54, 1.807) is 19.2 Å². The Morgan fingerprint density at radius 1 is 0.918 bits per heavy atom. The van der Waals surface area contributed by atoms with Gasteiger partial charge in [0.05, 0.1) is 0 Å². The van der Waals surface area contributed by atoms with E-state index in [-0.39, 0.29) is 18.9 Å². The summed E-state index contributed by atoms with van der Waals surface area (Å²) < 4.78 is 37.4. The van der Waals surface area contributed by atoms with E-state index in [4.69, 9.17) is 18.9 Å². The average Bonchev–Trinajstić information content (AvgIpc) is 3.08. The van der Waals surface area contributed by atoms with Crippen molar-refractivity contribution in [3.05, 3.63) is 71.3 Å². The lowest BCUT2D eigenvalue weighted by Crippen LogP contribution is -2.51. The molecular weight excluding hydrogens is 631 g/mol. The highest BCUT2D eigenvalue weighted by Crippen LogP contribution is 2.28. The van der Waals surface area contributed by atoms with E-state index in [0.29, 0.717) is 25.6 Å². The number of alkyl halides is 1. The van der Waals surface area contributed by atoms with Crippen LogP contribution in [0.4, 0.5) is 4.39 Å². The van der Waals surface area contributed by atoms with Crippen LogP contribution in [0.5, 0.6) is 0 Å². The Labute approximate surface area is 290 Å². The van der Waals surface area contributed by atoms with E-state index in [1.165, 1.54) is 27.8 Å². The molecule has 2 aromatic rings. The number of esters is 3. The number of carbonyl (C=O) groups is 4. The molecule has 3 rings (SSSR count). The van der Waals surface area contributed by atoms with Crippen molar-refractivity contribution in [3.63, 3.8) is 0 Å². The molecule has 0 spiro atoms. The lowest BCUT2D eigenvalue weighted by Gasteiger charge is -2.32. The van der Waals surface area contributed by atoms with Crippen LogP contribution in [0.25, 0.3) is 0 Å². The first kappa shape index (κ1) is 39.6. The summed E-state index contributed by atoms with van der Waals surface area (Å²) in [5, 5.41) is 2.90. The smallest absolute Gasteiger partial charge is 0.348 e. The molecule has 0 aromatic heterocycles. The van der Waals surface area contributed by atoms with Crippen molar-refractivity contribution in [3.8, 4) is 0 Å². The molecule has 1 saturated heterocycles. The molecule has 49 heavy (non-hydrogen) atoms. The summed E-state index contributed by atoms with van der Waals surface area (Å²) >= 11 is 0. The summed E-state index contributed by atoms with van der Waals surface area (Å²) in [7, 11) is 2.95. The van der Waals surface area contributed by atoms with Gasteiger partial charge in [-0.15, -0.1) is 0 Å². The molecule has 1 aliphatic rings. The Morgan fingerprint density at radius 2 is 1.55 bits per heavy atom. The minimum atomic E-state index is -1.89. The highest BCUT2D eigenvalue weighted by atomic mass is 19.1. The third-order valence-electron chi connectivity index (χ3n) is 8.59. The first-order valence-corrected chi connectivity index (χ1v) is 17.1. The normalized spacial score (nSPS) is 16.3. The Hall–Kier alpha value is -3.83. The molecule has 0 aliphatic carbocycles. The van der Waals surface area contributed by atoms with Gasteiger partial charge in [-0.1, -0.05) is 68.4 Å². The van der Waals surface area contributed by atoms with Gasteiger partial charge >= 0.3 is 17.9 Å². The number of likely N-dealkylation sites (N-methyl/N-ethyl adjacent to an activating group) is 2. The zero-order valence-corrected chi connectivity index (χ0v) is 29.9. The fourth-order valence-corrected chi connectivity index (χ4v) is 5.77. The second-order valence-corrected chi connectivity index (χ2v) is 13.8. The lowest BCUT2D eigenvalue weighted by atomic mass is 9.91. The van der Waals surface area contributed by atoms with E-state index in [9.17, 15) is 19.2 Å². The van der Waals surface area contributed by atoms with Gasteiger partial charge in [-0.25, -0.2) is 14.0 Å². The molecule has 0 unspecified atom stereocenters. The number of nitrogens with one attached hydrogen (secondary N) is 1. The maximum Gasteiger partial charge on any atom is 0.348 e. The predicted octanol–water partition coefficient (Wildman–Crippen LogP) is 5.31. The SMILES string of the molecule is CN[C@@H](CC(C)C)C(=O)O[C@H](C)C(=O)N(C)[C@@H](CC(C)(C)F)C(=O)O[C@H](Cc1ccc(C2CCOCC2)cc1)C(=O)OCc1ccccc1. The molecule has 0 bridgehead atoms. The van der Waals surface area contributed by atoms with Crippen LogP contribution in [-0.4, -0.2) is 86.0 Å². The maximum atomic E-state index is 15.1. The number of ether oxygens (including phenoxy) is 4. The molecule has 270 valence electrons. The number of nitrogens with zero attached hydrogens (tertiary/aromatic N) is 1. The van der Waals surface area contributed by atoms with Crippen LogP contribution in [0.1, 0.15) is 82.9 Å². The molecule has 1 aliphatic heterocycles. The van der Waals surface area contributed by atoms with Crippen molar-refractivity contribution in [2.45, 2.75) is 109 Å². The summed E-state index contributed by atoms with van der Waals surface area (Å²) in [6, 6.07) is 14.8. The number of hydrogen-bond donors (Lipinski definition) is 1. The highest BCUT2D eigenvalue weighted by molar-refractivity contribution is 5.89. The number of benzene rings is 2. The topological polar surface area (TPSA) is 120 Å². The van der Waals surface area contributed by atoms with Gasteiger partial charge in [0.15, 0.2) is 6.10 Å². The molecule has 0 saturated carbocycles. The molecule has 0 radical (unpaired) electrons. The van der Waals surface area contributed by atoms with Crippen LogP contribution in [0.15, 0.2) is 54.6 Å². The largest absolute Gasteiger partial charge is 0.458 e. The van der Waals surface area contributed by atoms with Gasteiger partial charge in [0, 0.05) is 33.1 Å². The van der Waals surface area contributed by atoms with E-state index in [0.717, 1.165) is 34.4 Å². The van der Waals surface area contributed by atoms with Crippen molar-refractivity contribution in [1.82, 2.24) is 10.2 Å². The minimum Gasteiger partial charge on any atom is -0.458 e. The minimum absolute atomic E-state index is 0.00604. The van der Waals surface area contributed by atoms with Crippen molar-refractivity contribution in [2.75, 3.05) is 27.3 Å². The third-order valence-corrected chi connectivity index (χ3v) is 8.59. The molecule has 1 fully saturated rings. The van der Waals surface area contributed by atoms with Gasteiger partial charge in [-0.3, -0.25) is 9.59 Å². The van der Waals surface area contributed by atoms with Gasteiger partial charge in [0.25, 0.3) is 5.91 Å². The first-order valence-electron chi connectivity index (χ1n) is 17.1. The zero-order valence-electron chi connectivity index (χ0n) is 29.9. The monoisotopic (exact) mass is 684 g/mol. The van der Waals surface area contributed by atoms with Crippen LogP contribution < -0.4 is 5.32 Å². The van der Waals surface area contributed by atoms with Crippen molar-refractivity contribution in [1.29, 1.82) is 0 Å². The van der Waals surface area contributed by atoms with E-state index in [1.807, 2.05) is 56.3 Å². The van der Waals surface area contributed by atoms with Crippen LogP contribution in [0, 0.1) is 5.92 Å². The van der Waals surface area contributed by atoms with Gasteiger partial charge < -0.3 is 29.2 Å². The summed E-state index contributed by atoms with van der Waals surface area (Å²) in [6.45, 7) is 9.26. The molecule has 4 atom stereocenters.